The van der Waals surface area contributed by atoms with Gasteiger partial charge in [-0.15, -0.1) is 0 Å². The molecule has 0 fully saturated rings. The van der Waals surface area contributed by atoms with Crippen molar-refractivity contribution in [3.8, 4) is 0 Å². The van der Waals surface area contributed by atoms with E-state index < -0.39 is 0 Å². The van der Waals surface area contributed by atoms with Crippen molar-refractivity contribution >= 4 is 43.6 Å². The van der Waals surface area contributed by atoms with Crippen LogP contribution in [0.5, 0.6) is 0 Å². The first-order chi connectivity index (χ1) is 6.99. The molecule has 1 amide bonds. The average molecular weight is 338 g/mol. The molecule has 1 atom stereocenters. The van der Waals surface area contributed by atoms with E-state index >= 15 is 0 Å². The Morgan fingerprint density at radius 1 is 1.67 bits per heavy atom. The molecule has 1 heterocycles. The molecule has 0 aliphatic rings. The van der Waals surface area contributed by atoms with Gasteiger partial charge in [0.1, 0.15) is 9.21 Å². The summed E-state index contributed by atoms with van der Waals surface area (Å²) in [5.74, 6) is 0.214. The van der Waals surface area contributed by atoms with Gasteiger partial charge >= 0.3 is 0 Å². The molecule has 1 aromatic heterocycles. The minimum atomic E-state index is -0.178. The number of carbonyl (C=O) groups is 1. The zero-order chi connectivity index (χ0) is 11.4. The molecule has 7 heteroatoms. The van der Waals surface area contributed by atoms with Crippen LogP contribution >= 0.6 is 31.9 Å². The van der Waals surface area contributed by atoms with E-state index in [0.29, 0.717) is 15.0 Å². The molecule has 1 rings (SSSR count). The monoisotopic (exact) mass is 336 g/mol. The van der Waals surface area contributed by atoms with Crippen LogP contribution in [0.1, 0.15) is 13.3 Å². The minimum absolute atomic E-state index is 0.174. The number of nitrogens with two attached hydrogens (primary N) is 1. The van der Waals surface area contributed by atoms with E-state index in [1.54, 1.807) is 6.92 Å². The highest BCUT2D eigenvalue weighted by molar-refractivity contribution is 9.11. The van der Waals surface area contributed by atoms with Gasteiger partial charge < -0.3 is 11.1 Å². The third-order valence-electron chi connectivity index (χ3n) is 1.47. The maximum atomic E-state index is 11.4. The number of aromatic nitrogens is 2. The van der Waals surface area contributed by atoms with Crippen LogP contribution in [0.4, 0.5) is 5.82 Å². The summed E-state index contributed by atoms with van der Waals surface area (Å²) in [6, 6.07) is -0.174. The Kier molecular flexibility index (Phi) is 4.62. The summed E-state index contributed by atoms with van der Waals surface area (Å²) in [4.78, 5) is 19.4. The number of rotatable bonds is 3. The Morgan fingerprint density at radius 3 is 2.87 bits per heavy atom. The summed E-state index contributed by atoms with van der Waals surface area (Å²) in [5, 5.41) is 2.61. The Bertz CT molecular complexity index is 370. The summed E-state index contributed by atoms with van der Waals surface area (Å²) < 4.78 is 1.08. The number of amides is 1. The summed E-state index contributed by atoms with van der Waals surface area (Å²) in [6.07, 6.45) is 1.76. The molecular formula is C8H10Br2N4O. The smallest absolute Gasteiger partial charge is 0.227 e. The highest BCUT2D eigenvalue weighted by atomic mass is 79.9. The molecule has 0 aliphatic heterocycles. The van der Waals surface area contributed by atoms with Gasteiger partial charge in [0, 0.05) is 12.5 Å². The molecule has 1 unspecified atom stereocenters. The lowest BCUT2D eigenvalue weighted by atomic mass is 10.2. The normalized spacial score (nSPS) is 12.3. The van der Waals surface area contributed by atoms with E-state index in [1.807, 2.05) is 0 Å². The lowest BCUT2D eigenvalue weighted by Crippen LogP contribution is -2.24. The van der Waals surface area contributed by atoms with Gasteiger partial charge in [0.25, 0.3) is 0 Å². The van der Waals surface area contributed by atoms with Crippen molar-refractivity contribution in [3.63, 3.8) is 0 Å². The lowest BCUT2D eigenvalue weighted by molar-refractivity contribution is -0.116. The molecule has 3 N–H and O–H groups in total. The van der Waals surface area contributed by atoms with Crippen LogP contribution in [0.15, 0.2) is 15.4 Å². The van der Waals surface area contributed by atoms with Crippen LogP contribution in [-0.2, 0) is 4.79 Å². The molecule has 82 valence electrons. The fourth-order valence-corrected chi connectivity index (χ4v) is 1.82. The molecule has 0 aromatic carbocycles. The fraction of sp³-hybridized carbons (Fsp3) is 0.375. The summed E-state index contributed by atoms with van der Waals surface area (Å²) >= 11 is 6.36. The lowest BCUT2D eigenvalue weighted by Gasteiger charge is -2.07. The largest absolute Gasteiger partial charge is 0.327 e. The second kappa shape index (κ2) is 5.53. The van der Waals surface area contributed by atoms with Gasteiger partial charge in [0.2, 0.25) is 5.91 Å². The Labute approximate surface area is 104 Å². The van der Waals surface area contributed by atoms with Gasteiger partial charge in [0.05, 0.1) is 6.20 Å². The van der Waals surface area contributed by atoms with Crippen molar-refractivity contribution in [2.24, 2.45) is 5.73 Å². The van der Waals surface area contributed by atoms with Crippen molar-refractivity contribution in [2.75, 3.05) is 5.32 Å². The van der Waals surface area contributed by atoms with Crippen LogP contribution in [0.2, 0.25) is 0 Å². The van der Waals surface area contributed by atoms with E-state index in [4.69, 9.17) is 5.73 Å². The van der Waals surface area contributed by atoms with Crippen LogP contribution in [0, 0.1) is 0 Å². The number of nitrogens with one attached hydrogen (secondary N) is 1. The minimum Gasteiger partial charge on any atom is -0.327 e. The number of halogens is 2. The first kappa shape index (κ1) is 12.5. The molecule has 5 nitrogen and oxygen atoms in total. The van der Waals surface area contributed by atoms with Crippen molar-refractivity contribution in [2.45, 2.75) is 19.4 Å². The predicted molar refractivity (Wildman–Crippen MR) is 64.3 cm³/mol. The first-order valence-electron chi connectivity index (χ1n) is 4.22. The summed E-state index contributed by atoms with van der Waals surface area (Å²) in [6.45, 7) is 1.77. The Hall–Kier alpha value is -0.530. The quantitative estimate of drug-likeness (QED) is 0.879. The Morgan fingerprint density at radius 2 is 2.33 bits per heavy atom. The molecule has 1 aromatic rings. The average Bonchev–Trinajstić information content (AvgIpc) is 2.08. The summed E-state index contributed by atoms with van der Waals surface area (Å²) in [7, 11) is 0. The van der Waals surface area contributed by atoms with Gasteiger partial charge in [-0.3, -0.25) is 4.79 Å². The van der Waals surface area contributed by atoms with Gasteiger partial charge in [-0.2, -0.15) is 0 Å². The zero-order valence-corrected chi connectivity index (χ0v) is 11.2. The number of hydrogen-bond donors (Lipinski definition) is 2. The van der Waals surface area contributed by atoms with Crippen molar-refractivity contribution in [1.82, 2.24) is 9.97 Å². The number of hydrogen-bond acceptors (Lipinski definition) is 4. The maximum absolute atomic E-state index is 11.4. The fourth-order valence-electron chi connectivity index (χ4n) is 0.906. The van der Waals surface area contributed by atoms with Gasteiger partial charge in [-0.25, -0.2) is 9.97 Å². The van der Waals surface area contributed by atoms with E-state index in [-0.39, 0.29) is 18.4 Å². The molecule has 0 saturated heterocycles. The molecule has 0 spiro atoms. The van der Waals surface area contributed by atoms with Crippen molar-refractivity contribution in [3.05, 3.63) is 15.4 Å². The molecule has 0 aliphatic carbocycles. The van der Waals surface area contributed by atoms with E-state index in [0.717, 1.165) is 0 Å². The van der Waals surface area contributed by atoms with Crippen LogP contribution in [-0.4, -0.2) is 21.9 Å². The number of carbonyl (C=O) groups excluding carboxylic acids is 1. The highest BCUT2D eigenvalue weighted by Gasteiger charge is 2.09. The van der Waals surface area contributed by atoms with E-state index in [1.165, 1.54) is 6.20 Å². The SMILES string of the molecule is CC(N)CC(=O)Nc1ncc(Br)nc1Br. The number of anilines is 1. The first-order valence-corrected chi connectivity index (χ1v) is 5.81. The Balaban J connectivity index is 2.68. The third kappa shape index (κ3) is 4.23. The molecule has 0 bridgehead atoms. The molecular weight excluding hydrogens is 328 g/mol. The number of nitrogens with zero attached hydrogens (tertiary/aromatic N) is 2. The highest BCUT2D eigenvalue weighted by Crippen LogP contribution is 2.19. The maximum Gasteiger partial charge on any atom is 0.227 e. The van der Waals surface area contributed by atoms with Crippen LogP contribution < -0.4 is 11.1 Å². The zero-order valence-electron chi connectivity index (χ0n) is 8.00. The van der Waals surface area contributed by atoms with Gasteiger partial charge in [0.15, 0.2) is 5.82 Å². The topological polar surface area (TPSA) is 80.9 Å². The third-order valence-corrected chi connectivity index (χ3v) is 2.40. The second-order valence-electron chi connectivity index (χ2n) is 3.06. The van der Waals surface area contributed by atoms with Gasteiger partial charge in [-0.1, -0.05) is 0 Å². The van der Waals surface area contributed by atoms with Crippen molar-refractivity contribution in [1.29, 1.82) is 0 Å². The van der Waals surface area contributed by atoms with Crippen LogP contribution in [0.3, 0.4) is 0 Å². The van der Waals surface area contributed by atoms with Crippen molar-refractivity contribution < 1.29 is 4.79 Å². The second-order valence-corrected chi connectivity index (χ2v) is 4.63. The van der Waals surface area contributed by atoms with Crippen LogP contribution in [0.25, 0.3) is 0 Å². The summed E-state index contributed by atoms with van der Waals surface area (Å²) in [5.41, 5.74) is 5.49. The van der Waals surface area contributed by atoms with E-state index in [2.05, 4.69) is 47.1 Å². The predicted octanol–water partition coefficient (Wildman–Crippen LogP) is 1.68. The van der Waals surface area contributed by atoms with E-state index in [9.17, 15) is 4.79 Å². The molecule has 0 saturated carbocycles. The molecule has 15 heavy (non-hydrogen) atoms. The molecule has 0 radical (unpaired) electrons. The standard InChI is InChI=1S/C8H10Br2N4O/c1-4(11)2-6(15)14-8-7(10)13-5(9)3-12-8/h3-4H,2,11H2,1H3,(H,12,14,15). The van der Waals surface area contributed by atoms with Gasteiger partial charge in [-0.05, 0) is 38.8 Å².